The summed E-state index contributed by atoms with van der Waals surface area (Å²) in [6.45, 7) is 4.37. The van der Waals surface area contributed by atoms with Crippen molar-refractivity contribution < 1.29 is 4.79 Å². The molecule has 2 aliphatic rings. The van der Waals surface area contributed by atoms with Gasteiger partial charge in [0, 0.05) is 32.0 Å². The highest BCUT2D eigenvalue weighted by Gasteiger charge is 2.38. The van der Waals surface area contributed by atoms with Gasteiger partial charge in [0.1, 0.15) is 16.2 Å². The van der Waals surface area contributed by atoms with Gasteiger partial charge in [-0.15, -0.1) is 12.4 Å². The summed E-state index contributed by atoms with van der Waals surface area (Å²) >= 11 is 6.81. The minimum Gasteiger partial charge on any atom is -0.341 e. The minimum absolute atomic E-state index is 0. The molecule has 0 spiro atoms. The number of carbonyl (C=O) groups is 1. The molecule has 2 aromatic heterocycles. The van der Waals surface area contributed by atoms with E-state index in [9.17, 15) is 9.59 Å². The first-order valence-corrected chi connectivity index (χ1v) is 11.1. The summed E-state index contributed by atoms with van der Waals surface area (Å²) in [5.74, 6) is 0.149. The maximum Gasteiger partial charge on any atom is 0.258 e. The standard InChI is InChI=1S/C23H24ClN5O2.ClH/c1-2-28-14-17(21(31)27-23(24)10-9-15-7-3-4-8-18(15)23)19(30)16-13-25-22(26-20(16)28)29-11-5-6-12-29;/h3-4,7-8,13-14H,2,5-6,9-12H2,1H3,(H,27,31);1H. The molecule has 1 atom stereocenters. The Hall–Kier alpha value is -2.64. The fourth-order valence-corrected chi connectivity index (χ4v) is 4.94. The molecule has 5 rings (SSSR count). The molecule has 3 aromatic rings. The van der Waals surface area contributed by atoms with Crippen molar-refractivity contribution in [3.63, 3.8) is 0 Å². The van der Waals surface area contributed by atoms with Crippen LogP contribution in [-0.4, -0.2) is 33.5 Å². The topological polar surface area (TPSA) is 80.1 Å². The predicted molar refractivity (Wildman–Crippen MR) is 128 cm³/mol. The molecule has 1 aliphatic carbocycles. The summed E-state index contributed by atoms with van der Waals surface area (Å²) in [5.41, 5.74) is 2.23. The molecule has 0 radical (unpaired) electrons. The summed E-state index contributed by atoms with van der Waals surface area (Å²) in [7, 11) is 0. The average molecular weight is 474 g/mol. The van der Waals surface area contributed by atoms with Crippen LogP contribution in [0.15, 0.2) is 41.5 Å². The third-order valence-corrected chi connectivity index (χ3v) is 6.76. The molecule has 9 heteroatoms. The van der Waals surface area contributed by atoms with E-state index in [0.29, 0.717) is 29.9 Å². The van der Waals surface area contributed by atoms with Gasteiger partial charge in [0.05, 0.1) is 5.39 Å². The summed E-state index contributed by atoms with van der Waals surface area (Å²) in [6.07, 6.45) is 6.72. The van der Waals surface area contributed by atoms with Crippen molar-refractivity contribution in [3.8, 4) is 0 Å². The van der Waals surface area contributed by atoms with Crippen molar-refractivity contribution in [1.82, 2.24) is 19.9 Å². The summed E-state index contributed by atoms with van der Waals surface area (Å²) in [6, 6.07) is 7.81. The van der Waals surface area contributed by atoms with Crippen LogP contribution in [0.5, 0.6) is 0 Å². The molecule has 1 N–H and O–H groups in total. The van der Waals surface area contributed by atoms with Gasteiger partial charge in [-0.3, -0.25) is 9.59 Å². The Morgan fingerprint density at radius 1 is 1.25 bits per heavy atom. The number of carbonyl (C=O) groups excluding carboxylic acids is 1. The number of nitrogens with one attached hydrogen (secondary N) is 1. The van der Waals surface area contributed by atoms with E-state index in [2.05, 4.69) is 20.2 Å². The molecule has 32 heavy (non-hydrogen) atoms. The normalized spacial score (nSPS) is 19.6. The van der Waals surface area contributed by atoms with Crippen LogP contribution in [0.3, 0.4) is 0 Å². The number of amides is 1. The zero-order valence-corrected chi connectivity index (χ0v) is 19.4. The number of hydrogen-bond donors (Lipinski definition) is 1. The minimum atomic E-state index is -1.01. The molecule has 1 aliphatic heterocycles. The second kappa shape index (κ2) is 8.71. The van der Waals surface area contributed by atoms with Gasteiger partial charge >= 0.3 is 0 Å². The second-order valence-electron chi connectivity index (χ2n) is 8.17. The summed E-state index contributed by atoms with van der Waals surface area (Å²) in [5, 5.41) is 3.25. The lowest BCUT2D eigenvalue weighted by atomic mass is 10.1. The van der Waals surface area contributed by atoms with Crippen LogP contribution in [0, 0.1) is 0 Å². The maximum absolute atomic E-state index is 13.2. The molecule has 7 nitrogen and oxygen atoms in total. The molecular weight excluding hydrogens is 449 g/mol. The zero-order valence-electron chi connectivity index (χ0n) is 17.8. The summed E-state index contributed by atoms with van der Waals surface area (Å²) in [4.78, 5) is 36.5. The number of nitrogens with zero attached hydrogens (tertiary/aromatic N) is 4. The highest BCUT2D eigenvalue weighted by molar-refractivity contribution is 6.25. The third-order valence-electron chi connectivity index (χ3n) is 6.27. The number of aryl methyl sites for hydroxylation is 2. The number of hydrogen-bond acceptors (Lipinski definition) is 5. The predicted octanol–water partition coefficient (Wildman–Crippen LogP) is 3.60. The number of halogens is 2. The number of alkyl halides is 1. The van der Waals surface area contributed by atoms with Gasteiger partial charge in [-0.25, -0.2) is 4.98 Å². The van der Waals surface area contributed by atoms with Crippen molar-refractivity contribution in [2.24, 2.45) is 0 Å². The van der Waals surface area contributed by atoms with Crippen LogP contribution >= 0.6 is 24.0 Å². The highest BCUT2D eigenvalue weighted by Crippen LogP contribution is 2.40. The van der Waals surface area contributed by atoms with E-state index in [1.807, 2.05) is 35.8 Å². The molecule has 0 bridgehead atoms. The quantitative estimate of drug-likeness (QED) is 0.462. The monoisotopic (exact) mass is 473 g/mol. The van der Waals surface area contributed by atoms with Crippen LogP contribution in [-0.2, 0) is 18.0 Å². The lowest BCUT2D eigenvalue weighted by molar-refractivity contribution is 0.0924. The average Bonchev–Trinajstić information content (AvgIpc) is 3.43. The van der Waals surface area contributed by atoms with E-state index in [4.69, 9.17) is 11.6 Å². The SMILES string of the molecule is CCn1cc(C(=O)NC2(Cl)CCc3ccccc32)c(=O)c2cnc(N3CCCC3)nc21.Cl. The molecule has 0 saturated carbocycles. The van der Waals surface area contributed by atoms with Gasteiger partial charge in [0.25, 0.3) is 5.91 Å². The van der Waals surface area contributed by atoms with Crippen LogP contribution in [0.4, 0.5) is 5.95 Å². The van der Waals surface area contributed by atoms with Gasteiger partial charge in [0.2, 0.25) is 11.4 Å². The Balaban J connectivity index is 0.00000245. The van der Waals surface area contributed by atoms with E-state index in [1.165, 1.54) is 0 Å². The number of benzene rings is 1. The largest absolute Gasteiger partial charge is 0.341 e. The van der Waals surface area contributed by atoms with Crippen molar-refractivity contribution in [2.75, 3.05) is 18.0 Å². The first-order valence-electron chi connectivity index (χ1n) is 10.7. The molecule has 1 amide bonds. The number of aromatic nitrogens is 3. The first kappa shape index (κ1) is 22.6. The van der Waals surface area contributed by atoms with Crippen molar-refractivity contribution >= 4 is 46.9 Å². The number of rotatable bonds is 4. The first-order chi connectivity index (χ1) is 15.0. The molecule has 3 heterocycles. The molecule has 1 saturated heterocycles. The lowest BCUT2D eigenvalue weighted by Crippen LogP contribution is -2.42. The van der Waals surface area contributed by atoms with Gasteiger partial charge < -0.3 is 14.8 Å². The molecular formula is C23H25Cl2N5O2. The second-order valence-corrected chi connectivity index (χ2v) is 8.82. The van der Waals surface area contributed by atoms with E-state index in [0.717, 1.165) is 43.5 Å². The molecule has 168 valence electrons. The molecule has 1 aromatic carbocycles. The van der Waals surface area contributed by atoms with Crippen molar-refractivity contribution in [2.45, 2.75) is 44.1 Å². The van der Waals surface area contributed by atoms with Gasteiger partial charge in [-0.2, -0.15) is 4.98 Å². The van der Waals surface area contributed by atoms with E-state index >= 15 is 0 Å². The Morgan fingerprint density at radius 3 is 2.75 bits per heavy atom. The Kier molecular flexibility index (Phi) is 6.14. The molecule has 1 fully saturated rings. The van der Waals surface area contributed by atoms with E-state index in [-0.39, 0.29) is 23.4 Å². The summed E-state index contributed by atoms with van der Waals surface area (Å²) < 4.78 is 1.83. The number of anilines is 1. The molecule has 1 unspecified atom stereocenters. The van der Waals surface area contributed by atoms with Gasteiger partial charge in [-0.05, 0) is 43.7 Å². The zero-order chi connectivity index (χ0) is 21.6. The van der Waals surface area contributed by atoms with Crippen LogP contribution in [0.25, 0.3) is 11.0 Å². The van der Waals surface area contributed by atoms with Crippen molar-refractivity contribution in [1.29, 1.82) is 0 Å². The van der Waals surface area contributed by atoms with Crippen LogP contribution in [0.1, 0.15) is 47.7 Å². The fraction of sp³-hybridized carbons (Fsp3) is 0.391. The third kappa shape index (κ3) is 3.73. The fourth-order valence-electron chi connectivity index (χ4n) is 4.58. The van der Waals surface area contributed by atoms with Crippen LogP contribution in [0.2, 0.25) is 0 Å². The number of fused-ring (bicyclic) bond motifs is 2. The maximum atomic E-state index is 13.2. The van der Waals surface area contributed by atoms with E-state index in [1.54, 1.807) is 12.4 Å². The number of pyridine rings is 1. The van der Waals surface area contributed by atoms with E-state index < -0.39 is 10.9 Å². The van der Waals surface area contributed by atoms with Gasteiger partial charge in [-0.1, -0.05) is 35.9 Å². The lowest BCUT2D eigenvalue weighted by Gasteiger charge is -2.24. The van der Waals surface area contributed by atoms with Gasteiger partial charge in [0.15, 0.2) is 0 Å². The Bertz CT molecular complexity index is 1240. The van der Waals surface area contributed by atoms with Crippen LogP contribution < -0.4 is 15.6 Å². The Labute approximate surface area is 197 Å². The Morgan fingerprint density at radius 2 is 2.00 bits per heavy atom. The highest BCUT2D eigenvalue weighted by atomic mass is 35.5. The van der Waals surface area contributed by atoms with Crippen molar-refractivity contribution in [3.05, 3.63) is 63.6 Å². The smallest absolute Gasteiger partial charge is 0.258 e.